The van der Waals surface area contributed by atoms with Crippen molar-refractivity contribution in [2.75, 3.05) is 0 Å². The van der Waals surface area contributed by atoms with Crippen molar-refractivity contribution in [2.45, 2.75) is 13.0 Å². The number of hydrogen-bond donors (Lipinski definition) is 0. The number of imidazole rings is 1. The predicted octanol–water partition coefficient (Wildman–Crippen LogP) is 5.58. The number of nitrogens with zero attached hydrogens (tertiary/aromatic N) is 3. The van der Waals surface area contributed by atoms with E-state index in [0.717, 1.165) is 44.5 Å². The van der Waals surface area contributed by atoms with E-state index in [9.17, 15) is 0 Å². The maximum atomic E-state index is 5.47. The van der Waals surface area contributed by atoms with Gasteiger partial charge in [0, 0.05) is 16.4 Å². The zero-order chi connectivity index (χ0) is 18.2. The molecule has 2 aromatic heterocycles. The highest BCUT2D eigenvalue weighted by atomic mass is 79.9. The van der Waals surface area contributed by atoms with Crippen LogP contribution in [0.3, 0.4) is 0 Å². The quantitative estimate of drug-likeness (QED) is 0.383. The van der Waals surface area contributed by atoms with Gasteiger partial charge in [-0.15, -0.1) is 0 Å². The average molecular weight is 418 g/mol. The van der Waals surface area contributed by atoms with Crippen molar-refractivity contribution < 1.29 is 4.52 Å². The Morgan fingerprint density at radius 3 is 2.56 bits per heavy atom. The first-order valence-corrected chi connectivity index (χ1v) is 9.59. The van der Waals surface area contributed by atoms with Crippen LogP contribution in [0.5, 0.6) is 0 Å². The molecule has 0 fully saturated rings. The molecule has 0 aliphatic heterocycles. The number of fused-ring (bicyclic) bond motifs is 2. The molecule has 0 aliphatic rings. The molecule has 5 rings (SSSR count). The van der Waals surface area contributed by atoms with Crippen LogP contribution in [0.1, 0.15) is 17.1 Å². The summed E-state index contributed by atoms with van der Waals surface area (Å²) in [7, 11) is 0. The molecule has 0 saturated carbocycles. The Morgan fingerprint density at radius 2 is 1.67 bits per heavy atom. The summed E-state index contributed by atoms with van der Waals surface area (Å²) >= 11 is 3.50. The Hall–Kier alpha value is -2.92. The Bertz CT molecular complexity index is 1240. The van der Waals surface area contributed by atoms with E-state index >= 15 is 0 Å². The van der Waals surface area contributed by atoms with Crippen LogP contribution >= 0.6 is 15.9 Å². The van der Waals surface area contributed by atoms with E-state index < -0.39 is 0 Å². The fourth-order valence-corrected chi connectivity index (χ4v) is 3.69. The SMILES string of the molecule is Brc1ccc(Cn2c(Cc3noc4ccccc34)nc3ccccc32)cc1. The molecule has 0 bridgehead atoms. The van der Waals surface area contributed by atoms with Gasteiger partial charge in [0.15, 0.2) is 5.58 Å². The summed E-state index contributed by atoms with van der Waals surface area (Å²) in [5.41, 5.74) is 5.08. The first kappa shape index (κ1) is 16.3. The molecule has 0 aliphatic carbocycles. The van der Waals surface area contributed by atoms with E-state index in [0.29, 0.717) is 6.42 Å². The van der Waals surface area contributed by atoms with Gasteiger partial charge < -0.3 is 9.09 Å². The standard InChI is InChI=1S/C22H16BrN3O/c23-16-11-9-15(10-12-16)14-26-20-7-3-2-6-18(20)24-22(26)13-19-17-5-1-4-8-21(17)27-25-19/h1-12H,13-14H2. The molecule has 27 heavy (non-hydrogen) atoms. The second kappa shape index (κ2) is 6.67. The molecule has 0 amide bonds. The normalized spacial score (nSPS) is 11.4. The molecule has 2 heterocycles. The first-order chi connectivity index (χ1) is 13.3. The number of aromatic nitrogens is 3. The fraction of sp³-hybridized carbons (Fsp3) is 0.0909. The minimum atomic E-state index is 0.627. The van der Waals surface area contributed by atoms with E-state index in [4.69, 9.17) is 9.51 Å². The van der Waals surface area contributed by atoms with E-state index in [1.165, 1.54) is 5.56 Å². The second-order valence-corrected chi connectivity index (χ2v) is 7.45. The van der Waals surface area contributed by atoms with Crippen molar-refractivity contribution in [1.29, 1.82) is 0 Å². The molecule has 0 spiro atoms. The lowest BCUT2D eigenvalue weighted by atomic mass is 10.1. The van der Waals surface area contributed by atoms with E-state index in [-0.39, 0.29) is 0 Å². The van der Waals surface area contributed by atoms with Crippen LogP contribution in [0.15, 0.2) is 81.8 Å². The Kier molecular flexibility index (Phi) is 4.02. The van der Waals surface area contributed by atoms with E-state index in [1.54, 1.807) is 0 Å². The van der Waals surface area contributed by atoms with Crippen molar-refractivity contribution in [1.82, 2.24) is 14.7 Å². The summed E-state index contributed by atoms with van der Waals surface area (Å²) in [4.78, 5) is 4.88. The van der Waals surface area contributed by atoms with Gasteiger partial charge in [-0.1, -0.05) is 57.5 Å². The van der Waals surface area contributed by atoms with Crippen molar-refractivity contribution >= 4 is 37.9 Å². The van der Waals surface area contributed by atoms with Gasteiger partial charge in [0.2, 0.25) is 0 Å². The largest absolute Gasteiger partial charge is 0.356 e. The molecular weight excluding hydrogens is 402 g/mol. The third-order valence-corrected chi connectivity index (χ3v) is 5.29. The molecule has 0 N–H and O–H groups in total. The highest BCUT2D eigenvalue weighted by Gasteiger charge is 2.15. The van der Waals surface area contributed by atoms with Gasteiger partial charge >= 0.3 is 0 Å². The van der Waals surface area contributed by atoms with Crippen molar-refractivity contribution in [3.05, 3.63) is 94.4 Å². The Balaban J connectivity index is 1.60. The highest BCUT2D eigenvalue weighted by molar-refractivity contribution is 9.10. The lowest BCUT2D eigenvalue weighted by molar-refractivity contribution is 0.447. The van der Waals surface area contributed by atoms with Crippen LogP contribution in [0.25, 0.3) is 22.0 Å². The van der Waals surface area contributed by atoms with Gasteiger partial charge in [-0.2, -0.15) is 0 Å². The molecule has 0 atom stereocenters. The van der Waals surface area contributed by atoms with Crippen LogP contribution < -0.4 is 0 Å². The Labute approximate surface area is 164 Å². The third kappa shape index (κ3) is 3.04. The lowest BCUT2D eigenvalue weighted by Crippen LogP contribution is -2.06. The summed E-state index contributed by atoms with van der Waals surface area (Å²) in [5, 5.41) is 5.33. The molecule has 132 valence electrons. The summed E-state index contributed by atoms with van der Waals surface area (Å²) in [6, 6.07) is 24.6. The number of benzene rings is 3. The molecule has 0 radical (unpaired) electrons. The Morgan fingerprint density at radius 1 is 0.889 bits per heavy atom. The zero-order valence-corrected chi connectivity index (χ0v) is 16.1. The summed E-state index contributed by atoms with van der Waals surface area (Å²) in [6.07, 6.45) is 0.627. The minimum Gasteiger partial charge on any atom is -0.356 e. The molecule has 4 nitrogen and oxygen atoms in total. The van der Waals surface area contributed by atoms with E-state index in [2.05, 4.69) is 68.1 Å². The van der Waals surface area contributed by atoms with Crippen molar-refractivity contribution in [3.8, 4) is 0 Å². The van der Waals surface area contributed by atoms with Crippen LogP contribution in [-0.4, -0.2) is 14.7 Å². The van der Waals surface area contributed by atoms with Gasteiger partial charge in [-0.3, -0.25) is 0 Å². The summed E-state index contributed by atoms with van der Waals surface area (Å²) in [5.74, 6) is 0.984. The third-order valence-electron chi connectivity index (χ3n) is 4.77. The molecule has 5 heteroatoms. The summed E-state index contributed by atoms with van der Waals surface area (Å²) in [6.45, 7) is 0.763. The minimum absolute atomic E-state index is 0.627. The summed E-state index contributed by atoms with van der Waals surface area (Å²) < 4.78 is 8.82. The molecule has 5 aromatic rings. The second-order valence-electron chi connectivity index (χ2n) is 6.53. The maximum absolute atomic E-state index is 5.47. The lowest BCUT2D eigenvalue weighted by Gasteiger charge is -2.09. The van der Waals surface area contributed by atoms with Gasteiger partial charge in [-0.05, 0) is 42.0 Å². The van der Waals surface area contributed by atoms with Gasteiger partial charge in [0.05, 0.1) is 23.1 Å². The molecule has 0 saturated heterocycles. The molecule has 3 aromatic carbocycles. The topological polar surface area (TPSA) is 43.9 Å². The maximum Gasteiger partial charge on any atom is 0.167 e. The number of hydrogen-bond acceptors (Lipinski definition) is 3. The van der Waals surface area contributed by atoms with Crippen molar-refractivity contribution in [2.24, 2.45) is 0 Å². The average Bonchev–Trinajstić information content (AvgIpc) is 3.26. The predicted molar refractivity (Wildman–Crippen MR) is 110 cm³/mol. The number of para-hydroxylation sites is 3. The van der Waals surface area contributed by atoms with Crippen molar-refractivity contribution in [3.63, 3.8) is 0 Å². The van der Waals surface area contributed by atoms with Crippen LogP contribution in [-0.2, 0) is 13.0 Å². The van der Waals surface area contributed by atoms with Gasteiger partial charge in [-0.25, -0.2) is 4.98 Å². The zero-order valence-electron chi connectivity index (χ0n) is 14.5. The number of halogens is 1. The van der Waals surface area contributed by atoms with Crippen LogP contribution in [0.4, 0.5) is 0 Å². The van der Waals surface area contributed by atoms with E-state index in [1.807, 2.05) is 30.3 Å². The van der Waals surface area contributed by atoms with Gasteiger partial charge in [0.1, 0.15) is 5.82 Å². The molecule has 0 unspecified atom stereocenters. The smallest absolute Gasteiger partial charge is 0.167 e. The van der Waals surface area contributed by atoms with Gasteiger partial charge in [0.25, 0.3) is 0 Å². The number of rotatable bonds is 4. The molecular formula is C22H16BrN3O. The van der Waals surface area contributed by atoms with Crippen LogP contribution in [0, 0.1) is 0 Å². The fourth-order valence-electron chi connectivity index (χ4n) is 3.42. The monoisotopic (exact) mass is 417 g/mol. The van der Waals surface area contributed by atoms with Crippen LogP contribution in [0.2, 0.25) is 0 Å². The highest BCUT2D eigenvalue weighted by Crippen LogP contribution is 2.24. The first-order valence-electron chi connectivity index (χ1n) is 8.80.